The number of carbonyl (C=O) groups is 1. The van der Waals surface area contributed by atoms with E-state index >= 15 is 0 Å². The van der Waals surface area contributed by atoms with Crippen LogP contribution in [0.2, 0.25) is 0 Å². The minimum atomic E-state index is -1.77. The van der Waals surface area contributed by atoms with E-state index in [2.05, 4.69) is 15.3 Å². The fourth-order valence-electron chi connectivity index (χ4n) is 2.78. The van der Waals surface area contributed by atoms with E-state index in [1.807, 2.05) is 0 Å². The van der Waals surface area contributed by atoms with Crippen molar-refractivity contribution < 1.29 is 18.3 Å². The number of rotatable bonds is 4. The molecule has 2 aromatic heterocycles. The molecule has 0 spiro atoms. The van der Waals surface area contributed by atoms with Crippen molar-refractivity contribution in [3.63, 3.8) is 0 Å². The molecule has 2 N–H and O–H groups in total. The van der Waals surface area contributed by atoms with Crippen LogP contribution in [0.5, 0.6) is 5.75 Å². The molecule has 1 aliphatic carbocycles. The van der Waals surface area contributed by atoms with Crippen molar-refractivity contribution in [3.8, 4) is 16.9 Å². The molecule has 1 fully saturated rings. The third kappa shape index (κ3) is 2.61. The van der Waals surface area contributed by atoms with Gasteiger partial charge in [-0.1, -0.05) is 6.07 Å². The van der Waals surface area contributed by atoms with Gasteiger partial charge in [-0.15, -0.1) is 0 Å². The second-order valence-electron chi connectivity index (χ2n) is 6.03. The van der Waals surface area contributed by atoms with Gasteiger partial charge in [-0.25, -0.2) is 13.8 Å². The summed E-state index contributed by atoms with van der Waals surface area (Å²) in [7, 11) is 1.48. The highest BCUT2D eigenvalue weighted by Crippen LogP contribution is 2.41. The Kier molecular flexibility index (Phi) is 3.45. The van der Waals surface area contributed by atoms with Crippen LogP contribution in [0, 0.1) is 5.82 Å². The van der Waals surface area contributed by atoms with E-state index in [4.69, 9.17) is 4.74 Å². The summed E-state index contributed by atoms with van der Waals surface area (Å²) in [6, 6.07) is 7.87. The van der Waals surface area contributed by atoms with Crippen LogP contribution < -0.4 is 10.1 Å². The van der Waals surface area contributed by atoms with Crippen molar-refractivity contribution in [1.29, 1.82) is 0 Å². The molecule has 0 atom stereocenters. The predicted octanol–water partition coefficient (Wildman–Crippen LogP) is 3.82. The zero-order chi connectivity index (χ0) is 17.6. The molecule has 0 bridgehead atoms. The first-order valence-corrected chi connectivity index (χ1v) is 7.83. The molecule has 2 heterocycles. The first kappa shape index (κ1) is 15.6. The Bertz CT molecular complexity index is 980. The number of nitrogens with one attached hydrogen (secondary N) is 2. The van der Waals surface area contributed by atoms with Crippen molar-refractivity contribution in [3.05, 3.63) is 42.3 Å². The molecule has 0 unspecified atom stereocenters. The van der Waals surface area contributed by atoms with Gasteiger partial charge in [-0.05, 0) is 37.1 Å². The lowest BCUT2D eigenvalue weighted by Gasteiger charge is -2.09. The van der Waals surface area contributed by atoms with Gasteiger partial charge in [0, 0.05) is 17.1 Å². The van der Waals surface area contributed by atoms with E-state index in [9.17, 15) is 13.6 Å². The molecule has 5 nitrogen and oxygen atoms in total. The number of aromatic amines is 1. The number of methoxy groups -OCH3 is 1. The minimum absolute atomic E-state index is 0.237. The third-order valence-electron chi connectivity index (χ3n) is 4.34. The van der Waals surface area contributed by atoms with Gasteiger partial charge in [0.05, 0.1) is 12.7 Å². The molecule has 7 heteroatoms. The van der Waals surface area contributed by atoms with E-state index in [-0.39, 0.29) is 18.7 Å². The second-order valence-corrected chi connectivity index (χ2v) is 6.03. The number of hydrogen-bond donors (Lipinski definition) is 2. The number of amides is 1. The highest BCUT2D eigenvalue weighted by Gasteiger charge is 2.51. The van der Waals surface area contributed by atoms with Crippen LogP contribution in [0.25, 0.3) is 22.2 Å². The summed E-state index contributed by atoms with van der Waals surface area (Å²) in [5.74, 6) is -0.436. The molecule has 0 saturated heterocycles. The molecule has 1 amide bonds. The molecule has 0 radical (unpaired) electrons. The first-order valence-electron chi connectivity index (χ1n) is 7.83. The van der Waals surface area contributed by atoms with Crippen LogP contribution in [0.4, 0.5) is 14.6 Å². The van der Waals surface area contributed by atoms with Crippen molar-refractivity contribution >= 4 is 22.8 Å². The molecule has 1 aromatic carbocycles. The summed E-state index contributed by atoms with van der Waals surface area (Å²) in [5.41, 5.74) is -0.380. The summed E-state index contributed by atoms with van der Waals surface area (Å²) in [5, 5.41) is 3.14. The monoisotopic (exact) mass is 343 g/mol. The standard InChI is InChI=1S/C18H15F2N3O2/c1-25-13-4-2-3-12(19)15(13)11-9-21-16-10(11)5-6-14(22-16)23-17(24)18(20)7-8-18/h2-6,9H,7-8H2,1H3,(H2,21,22,23,24). The average molecular weight is 343 g/mol. The van der Waals surface area contributed by atoms with Gasteiger partial charge < -0.3 is 15.0 Å². The smallest absolute Gasteiger partial charge is 0.263 e. The summed E-state index contributed by atoms with van der Waals surface area (Å²) < 4.78 is 33.3. The van der Waals surface area contributed by atoms with Crippen LogP contribution >= 0.6 is 0 Å². The quantitative estimate of drug-likeness (QED) is 0.757. The summed E-state index contributed by atoms with van der Waals surface area (Å²) in [6.45, 7) is 0. The number of halogens is 2. The Morgan fingerprint density at radius 3 is 2.84 bits per heavy atom. The van der Waals surface area contributed by atoms with Crippen LogP contribution in [-0.2, 0) is 4.79 Å². The largest absolute Gasteiger partial charge is 0.496 e. The number of nitrogens with zero attached hydrogens (tertiary/aromatic N) is 1. The lowest BCUT2D eigenvalue weighted by atomic mass is 10.0. The lowest BCUT2D eigenvalue weighted by molar-refractivity contribution is -0.122. The van der Waals surface area contributed by atoms with Gasteiger partial charge in [-0.2, -0.15) is 0 Å². The second kappa shape index (κ2) is 5.54. The molecule has 4 rings (SSSR count). The molecular weight excluding hydrogens is 328 g/mol. The number of fused-ring (bicyclic) bond motifs is 1. The maximum Gasteiger partial charge on any atom is 0.263 e. The van der Waals surface area contributed by atoms with Crippen molar-refractivity contribution in [1.82, 2.24) is 9.97 Å². The lowest BCUT2D eigenvalue weighted by Crippen LogP contribution is -2.25. The molecule has 3 aromatic rings. The van der Waals surface area contributed by atoms with E-state index < -0.39 is 17.4 Å². The van der Waals surface area contributed by atoms with Crippen LogP contribution in [0.3, 0.4) is 0 Å². The molecule has 25 heavy (non-hydrogen) atoms. The van der Waals surface area contributed by atoms with Crippen molar-refractivity contribution in [2.75, 3.05) is 12.4 Å². The van der Waals surface area contributed by atoms with Gasteiger partial charge >= 0.3 is 0 Å². The fourth-order valence-corrected chi connectivity index (χ4v) is 2.78. The Labute approximate surface area is 142 Å². The maximum atomic E-state index is 14.3. The van der Waals surface area contributed by atoms with Crippen LogP contribution in [-0.4, -0.2) is 28.7 Å². The predicted molar refractivity (Wildman–Crippen MR) is 89.7 cm³/mol. The number of alkyl halides is 1. The number of carbonyl (C=O) groups excluding carboxylic acids is 1. The summed E-state index contributed by atoms with van der Waals surface area (Å²) >= 11 is 0. The summed E-state index contributed by atoms with van der Waals surface area (Å²) in [6.07, 6.45) is 2.10. The van der Waals surface area contributed by atoms with E-state index in [1.165, 1.54) is 13.2 Å². The van der Waals surface area contributed by atoms with Crippen LogP contribution in [0.1, 0.15) is 12.8 Å². The van der Waals surface area contributed by atoms with Gasteiger partial charge in [0.1, 0.15) is 23.0 Å². The number of benzene rings is 1. The summed E-state index contributed by atoms with van der Waals surface area (Å²) in [4.78, 5) is 19.0. The zero-order valence-corrected chi connectivity index (χ0v) is 13.4. The molecule has 0 aliphatic heterocycles. The van der Waals surface area contributed by atoms with E-state index in [1.54, 1.807) is 30.5 Å². The Morgan fingerprint density at radius 1 is 1.32 bits per heavy atom. The van der Waals surface area contributed by atoms with Gasteiger partial charge in [0.2, 0.25) is 0 Å². The number of aromatic nitrogens is 2. The highest BCUT2D eigenvalue weighted by molar-refractivity contribution is 6.00. The normalized spacial score (nSPS) is 15.2. The number of anilines is 1. The van der Waals surface area contributed by atoms with E-state index in [0.717, 1.165) is 0 Å². The first-order chi connectivity index (χ1) is 12.0. The Hall–Kier alpha value is -2.96. The van der Waals surface area contributed by atoms with Crippen molar-refractivity contribution in [2.45, 2.75) is 18.5 Å². The fraction of sp³-hybridized carbons (Fsp3) is 0.222. The molecule has 1 saturated carbocycles. The third-order valence-corrected chi connectivity index (χ3v) is 4.34. The number of pyridine rings is 1. The van der Waals surface area contributed by atoms with Crippen LogP contribution in [0.15, 0.2) is 36.5 Å². The topological polar surface area (TPSA) is 67.0 Å². The van der Waals surface area contributed by atoms with Crippen molar-refractivity contribution in [2.24, 2.45) is 0 Å². The van der Waals surface area contributed by atoms with E-state index in [0.29, 0.717) is 27.9 Å². The highest BCUT2D eigenvalue weighted by atomic mass is 19.1. The number of ether oxygens (including phenoxy) is 1. The SMILES string of the molecule is COc1cccc(F)c1-c1c[nH]c2nc(NC(=O)C3(F)CC3)ccc12. The van der Waals surface area contributed by atoms with Gasteiger partial charge in [0.25, 0.3) is 5.91 Å². The average Bonchev–Trinajstić information content (AvgIpc) is 3.23. The van der Waals surface area contributed by atoms with Gasteiger partial charge in [-0.3, -0.25) is 4.79 Å². The maximum absolute atomic E-state index is 14.3. The number of H-pyrrole nitrogens is 1. The molecular formula is C18H15F2N3O2. The Balaban J connectivity index is 1.73. The molecule has 128 valence electrons. The zero-order valence-electron chi connectivity index (χ0n) is 13.4. The number of hydrogen-bond acceptors (Lipinski definition) is 3. The molecule has 1 aliphatic rings. The minimum Gasteiger partial charge on any atom is -0.496 e. The Morgan fingerprint density at radius 2 is 2.12 bits per heavy atom. The van der Waals surface area contributed by atoms with Gasteiger partial charge in [0.15, 0.2) is 5.67 Å².